The van der Waals surface area contributed by atoms with Crippen LogP contribution in [-0.4, -0.2) is 35.2 Å². The Hall–Kier alpha value is -2.73. The number of phenolic OH excluding ortho intramolecular Hbond substituents is 1. The zero-order valence-corrected chi connectivity index (χ0v) is 15.0. The molecule has 1 amide bonds. The molecule has 6 heteroatoms. The summed E-state index contributed by atoms with van der Waals surface area (Å²) in [4.78, 5) is 19.2. The predicted octanol–water partition coefficient (Wildman–Crippen LogP) is 3.94. The third-order valence-electron chi connectivity index (χ3n) is 3.84. The predicted molar refractivity (Wildman–Crippen MR) is 101 cm³/mol. The molecule has 0 spiro atoms. The Labute approximate surface area is 150 Å². The van der Waals surface area contributed by atoms with Crippen molar-refractivity contribution >= 4 is 34.6 Å². The lowest BCUT2D eigenvalue weighted by atomic mass is 10.2. The van der Waals surface area contributed by atoms with Gasteiger partial charge in [-0.3, -0.25) is 9.69 Å². The Morgan fingerprint density at radius 3 is 2.72 bits per heavy atom. The number of amidine groups is 1. The number of phenols is 1. The molecule has 5 nitrogen and oxygen atoms in total. The average Bonchev–Trinajstić information content (AvgIpc) is 2.86. The first-order valence-corrected chi connectivity index (χ1v) is 8.50. The van der Waals surface area contributed by atoms with Crippen molar-refractivity contribution in [2.45, 2.75) is 6.92 Å². The van der Waals surface area contributed by atoms with E-state index in [1.165, 1.54) is 18.9 Å². The molecule has 0 radical (unpaired) electrons. The molecule has 2 aromatic rings. The molecule has 0 saturated carbocycles. The van der Waals surface area contributed by atoms with Crippen LogP contribution in [0.25, 0.3) is 6.08 Å². The van der Waals surface area contributed by atoms with E-state index in [1.807, 2.05) is 31.2 Å². The molecule has 2 aromatic carbocycles. The van der Waals surface area contributed by atoms with E-state index < -0.39 is 0 Å². The number of hydrogen-bond donors (Lipinski definition) is 1. The van der Waals surface area contributed by atoms with Crippen molar-refractivity contribution in [1.29, 1.82) is 0 Å². The number of hydrogen-bond acceptors (Lipinski definition) is 5. The highest BCUT2D eigenvalue weighted by molar-refractivity contribution is 8.18. The molecule has 1 N–H and O–H groups in total. The minimum absolute atomic E-state index is 0.0639. The van der Waals surface area contributed by atoms with Crippen LogP contribution in [0, 0.1) is 6.92 Å². The maximum absolute atomic E-state index is 12.5. The number of likely N-dealkylation sites (N-methyl/N-ethyl adjacent to an activating group) is 1. The van der Waals surface area contributed by atoms with Gasteiger partial charge in [-0.05, 0) is 54.1 Å². The Bertz CT molecular complexity index is 890. The average molecular weight is 354 g/mol. The molecule has 1 aliphatic rings. The second kappa shape index (κ2) is 7.03. The Morgan fingerprint density at radius 1 is 1.24 bits per heavy atom. The minimum atomic E-state index is -0.107. The lowest BCUT2D eigenvalue weighted by molar-refractivity contribution is -0.121. The lowest BCUT2D eigenvalue weighted by Gasteiger charge is -2.08. The molecular weight excluding hydrogens is 336 g/mol. The third-order valence-corrected chi connectivity index (χ3v) is 4.90. The molecule has 0 unspecified atom stereocenters. The van der Waals surface area contributed by atoms with Crippen LogP contribution in [0.15, 0.2) is 52.4 Å². The molecule has 1 saturated heterocycles. The molecule has 1 aliphatic heterocycles. The van der Waals surface area contributed by atoms with E-state index in [1.54, 1.807) is 36.2 Å². The summed E-state index contributed by atoms with van der Waals surface area (Å²) in [6, 6.07) is 12.8. The minimum Gasteiger partial charge on any atom is -0.504 e. The van der Waals surface area contributed by atoms with E-state index in [0.717, 1.165) is 16.8 Å². The monoisotopic (exact) mass is 354 g/mol. The number of benzene rings is 2. The Balaban J connectivity index is 1.92. The van der Waals surface area contributed by atoms with Crippen LogP contribution >= 0.6 is 11.8 Å². The molecule has 0 atom stereocenters. The van der Waals surface area contributed by atoms with Crippen LogP contribution in [0.2, 0.25) is 0 Å². The molecule has 0 bridgehead atoms. The van der Waals surface area contributed by atoms with E-state index >= 15 is 0 Å². The van der Waals surface area contributed by atoms with Gasteiger partial charge in [0.05, 0.1) is 17.7 Å². The zero-order valence-electron chi connectivity index (χ0n) is 14.2. The van der Waals surface area contributed by atoms with Crippen molar-refractivity contribution in [3.05, 3.63) is 58.5 Å². The van der Waals surface area contributed by atoms with Gasteiger partial charge in [0.1, 0.15) is 0 Å². The van der Waals surface area contributed by atoms with Gasteiger partial charge in [-0.1, -0.05) is 24.3 Å². The fraction of sp³-hybridized carbons (Fsp3) is 0.158. The fourth-order valence-corrected chi connectivity index (χ4v) is 3.36. The molecule has 1 heterocycles. The van der Waals surface area contributed by atoms with E-state index in [4.69, 9.17) is 4.74 Å². The molecule has 0 aromatic heterocycles. The highest BCUT2D eigenvalue weighted by Crippen LogP contribution is 2.35. The smallest absolute Gasteiger partial charge is 0.266 e. The molecule has 0 aliphatic carbocycles. The van der Waals surface area contributed by atoms with Crippen molar-refractivity contribution in [3.8, 4) is 11.5 Å². The van der Waals surface area contributed by atoms with E-state index in [0.29, 0.717) is 15.8 Å². The topological polar surface area (TPSA) is 62.1 Å². The second-order valence-electron chi connectivity index (χ2n) is 5.59. The van der Waals surface area contributed by atoms with Gasteiger partial charge in [-0.15, -0.1) is 0 Å². The van der Waals surface area contributed by atoms with Gasteiger partial charge < -0.3 is 9.84 Å². The quantitative estimate of drug-likeness (QED) is 0.848. The van der Waals surface area contributed by atoms with Gasteiger partial charge in [0, 0.05) is 7.05 Å². The van der Waals surface area contributed by atoms with Crippen LogP contribution in [0.4, 0.5) is 5.69 Å². The van der Waals surface area contributed by atoms with Gasteiger partial charge in [0.2, 0.25) is 0 Å². The van der Waals surface area contributed by atoms with Crippen LogP contribution in [0.5, 0.6) is 11.5 Å². The molecule has 128 valence electrons. The number of aromatic hydroxyl groups is 1. The lowest BCUT2D eigenvalue weighted by Crippen LogP contribution is -2.23. The van der Waals surface area contributed by atoms with Gasteiger partial charge in [-0.2, -0.15) is 0 Å². The largest absolute Gasteiger partial charge is 0.504 e. The summed E-state index contributed by atoms with van der Waals surface area (Å²) in [5.41, 5.74) is 2.67. The number of amides is 1. The number of carbonyl (C=O) groups excluding carboxylic acids is 1. The maximum atomic E-state index is 12.5. The van der Waals surface area contributed by atoms with Crippen molar-refractivity contribution in [3.63, 3.8) is 0 Å². The highest BCUT2D eigenvalue weighted by Gasteiger charge is 2.30. The summed E-state index contributed by atoms with van der Waals surface area (Å²) >= 11 is 1.33. The SMILES string of the molecule is COc1cc(/C=C2/SC(=Nc3ccccc3C)N(C)C2=O)ccc1O. The van der Waals surface area contributed by atoms with Gasteiger partial charge >= 0.3 is 0 Å². The first-order chi connectivity index (χ1) is 12.0. The standard InChI is InChI=1S/C19H18N2O3S/c1-12-6-4-5-7-14(12)20-19-21(2)18(23)17(25-19)11-13-8-9-15(22)16(10-13)24-3/h4-11,22H,1-3H3/b17-11+,20-19?. The van der Waals surface area contributed by atoms with Crippen LogP contribution in [0.3, 0.4) is 0 Å². The number of methoxy groups -OCH3 is 1. The fourth-order valence-electron chi connectivity index (χ4n) is 2.38. The summed E-state index contributed by atoms with van der Waals surface area (Å²) in [6.07, 6.45) is 1.77. The van der Waals surface area contributed by atoms with Crippen molar-refractivity contribution < 1.29 is 14.6 Å². The second-order valence-corrected chi connectivity index (χ2v) is 6.60. The summed E-state index contributed by atoms with van der Waals surface area (Å²) < 4.78 is 5.11. The van der Waals surface area contributed by atoms with Crippen molar-refractivity contribution in [1.82, 2.24) is 4.90 Å². The summed E-state index contributed by atoms with van der Waals surface area (Å²) in [5.74, 6) is 0.324. The van der Waals surface area contributed by atoms with E-state index in [9.17, 15) is 9.90 Å². The number of aliphatic imine (C=N–C) groups is 1. The number of aryl methyl sites for hydroxylation is 1. The zero-order chi connectivity index (χ0) is 18.0. The van der Waals surface area contributed by atoms with Gasteiger partial charge in [0.15, 0.2) is 16.7 Å². The number of carbonyl (C=O) groups is 1. The maximum Gasteiger partial charge on any atom is 0.266 e. The van der Waals surface area contributed by atoms with E-state index in [-0.39, 0.29) is 11.7 Å². The summed E-state index contributed by atoms with van der Waals surface area (Å²) in [5, 5.41) is 10.3. The first kappa shape index (κ1) is 17.1. The van der Waals surface area contributed by atoms with Crippen LogP contribution in [0.1, 0.15) is 11.1 Å². The van der Waals surface area contributed by atoms with Crippen LogP contribution < -0.4 is 4.74 Å². The number of thioether (sulfide) groups is 1. The summed E-state index contributed by atoms with van der Waals surface area (Å²) in [7, 11) is 3.20. The Morgan fingerprint density at radius 2 is 2.00 bits per heavy atom. The molecular formula is C19H18N2O3S. The number of ether oxygens (including phenoxy) is 1. The molecule has 3 rings (SSSR count). The number of nitrogens with zero attached hydrogens (tertiary/aromatic N) is 2. The van der Waals surface area contributed by atoms with Crippen molar-refractivity contribution in [2.24, 2.45) is 4.99 Å². The van der Waals surface area contributed by atoms with Gasteiger partial charge in [-0.25, -0.2) is 4.99 Å². The number of para-hydroxylation sites is 1. The van der Waals surface area contributed by atoms with Crippen LogP contribution in [-0.2, 0) is 4.79 Å². The first-order valence-electron chi connectivity index (χ1n) is 7.68. The highest BCUT2D eigenvalue weighted by atomic mass is 32.2. The normalized spacial score (nSPS) is 17.6. The molecule has 1 fully saturated rings. The number of rotatable bonds is 3. The van der Waals surface area contributed by atoms with Gasteiger partial charge in [0.25, 0.3) is 5.91 Å². The third kappa shape index (κ3) is 3.53. The molecule has 25 heavy (non-hydrogen) atoms. The van der Waals surface area contributed by atoms with Crippen molar-refractivity contribution in [2.75, 3.05) is 14.2 Å². The Kier molecular flexibility index (Phi) is 4.81. The summed E-state index contributed by atoms with van der Waals surface area (Å²) in [6.45, 7) is 1.99. The van der Waals surface area contributed by atoms with E-state index in [2.05, 4.69) is 4.99 Å².